The predicted molar refractivity (Wildman–Crippen MR) is 65.3 cm³/mol. The van der Waals surface area contributed by atoms with Crippen molar-refractivity contribution < 1.29 is 51.0 Å². The van der Waals surface area contributed by atoms with E-state index in [9.17, 15) is 0 Å². The molecular weight excluding hydrogens is 342 g/mol. The fraction of sp³-hybridized carbons (Fsp3) is 0.333. The van der Waals surface area contributed by atoms with E-state index in [4.69, 9.17) is 0 Å². The first-order valence-electron chi connectivity index (χ1n) is 5.61. The van der Waals surface area contributed by atoms with Crippen molar-refractivity contribution in [3.8, 4) is 0 Å². The van der Waals surface area contributed by atoms with E-state index in [1.807, 2.05) is 0 Å². The van der Waals surface area contributed by atoms with Gasteiger partial charge in [-0.1, -0.05) is 44.6 Å². The largest absolute Gasteiger partial charge is 3.00 e. The number of rotatable bonds is 2. The second-order valence-corrected chi connectivity index (χ2v) is 4.25. The summed E-state index contributed by atoms with van der Waals surface area (Å²) in [5, 5.41) is 0. The number of hydrogen-bond donors (Lipinski definition) is 0. The van der Waals surface area contributed by atoms with Crippen molar-refractivity contribution in [2.24, 2.45) is 0 Å². The number of hydrogen-bond acceptors (Lipinski definition) is 0. The van der Waals surface area contributed by atoms with Gasteiger partial charge in [0.25, 0.3) is 0 Å². The molecule has 2 aliphatic rings. The number of halogens is 2. The molecule has 1 radical (unpaired) electrons. The van der Waals surface area contributed by atoms with Crippen LogP contribution in [0.1, 0.15) is 33.6 Å². The zero-order valence-corrected chi connectivity index (χ0v) is 14.9. The number of allylic oxidation sites excluding steroid dienone is 10. The molecule has 0 spiro atoms. The summed E-state index contributed by atoms with van der Waals surface area (Å²) in [7, 11) is 0. The zero-order valence-electron chi connectivity index (χ0n) is 11.0. The van der Waals surface area contributed by atoms with Crippen LogP contribution in [0.15, 0.2) is 52.2 Å². The van der Waals surface area contributed by atoms with Crippen LogP contribution in [-0.2, 0) is 26.2 Å². The second kappa shape index (κ2) is 9.13. The molecule has 0 saturated carbocycles. The van der Waals surface area contributed by atoms with E-state index >= 15 is 0 Å². The van der Waals surface area contributed by atoms with Gasteiger partial charge in [-0.15, -0.1) is 22.8 Å². The quantitative estimate of drug-likeness (QED) is 0.516. The normalized spacial score (nSPS) is 15.9. The fourth-order valence-electron chi connectivity index (χ4n) is 1.98. The Morgan fingerprint density at radius 3 is 2.39 bits per heavy atom. The van der Waals surface area contributed by atoms with Crippen molar-refractivity contribution in [2.75, 3.05) is 0 Å². The van der Waals surface area contributed by atoms with Crippen LogP contribution in [0.4, 0.5) is 0 Å². The average molecular weight is 359 g/mol. The summed E-state index contributed by atoms with van der Waals surface area (Å²) in [5.41, 5.74) is 6.83. The molecule has 0 amide bonds. The Hall–Kier alpha value is 0.163. The van der Waals surface area contributed by atoms with Gasteiger partial charge in [-0.2, -0.15) is 11.6 Å². The summed E-state index contributed by atoms with van der Waals surface area (Å²) in [4.78, 5) is 0. The van der Waals surface area contributed by atoms with Gasteiger partial charge in [-0.3, -0.25) is 0 Å². The average Bonchev–Trinajstić information content (AvgIpc) is 2.86. The van der Waals surface area contributed by atoms with E-state index in [0.717, 1.165) is 12.8 Å². The Labute approximate surface area is 142 Å². The molecule has 18 heavy (non-hydrogen) atoms. The molecule has 2 aliphatic carbocycles. The summed E-state index contributed by atoms with van der Waals surface area (Å²) in [6, 6.07) is 0. The molecule has 0 unspecified atom stereocenters. The molecular formula is C15H17Cl2Zr. The van der Waals surface area contributed by atoms with Gasteiger partial charge >= 0.3 is 26.2 Å². The molecule has 0 N–H and O–H groups in total. The van der Waals surface area contributed by atoms with Crippen LogP contribution in [-0.4, -0.2) is 0 Å². The van der Waals surface area contributed by atoms with Gasteiger partial charge in [-0.05, 0) is 12.8 Å². The van der Waals surface area contributed by atoms with Gasteiger partial charge in [0.1, 0.15) is 0 Å². The minimum Gasteiger partial charge on any atom is -1.00 e. The summed E-state index contributed by atoms with van der Waals surface area (Å²) < 4.78 is 0. The van der Waals surface area contributed by atoms with E-state index in [1.165, 1.54) is 27.9 Å². The van der Waals surface area contributed by atoms with Crippen LogP contribution < -0.4 is 24.8 Å². The van der Waals surface area contributed by atoms with Gasteiger partial charge in [0.15, 0.2) is 0 Å². The van der Waals surface area contributed by atoms with E-state index in [2.05, 4.69) is 51.2 Å². The van der Waals surface area contributed by atoms with Crippen LogP contribution in [0.3, 0.4) is 0 Å². The topological polar surface area (TPSA) is 0 Å². The molecule has 95 valence electrons. The van der Waals surface area contributed by atoms with Crippen molar-refractivity contribution in [1.82, 2.24) is 0 Å². The van der Waals surface area contributed by atoms with Crippen LogP contribution >= 0.6 is 0 Å². The Kier molecular flexibility index (Phi) is 10.4. The third-order valence-electron chi connectivity index (χ3n) is 2.91. The third-order valence-corrected chi connectivity index (χ3v) is 2.91. The molecule has 0 heterocycles. The van der Waals surface area contributed by atoms with E-state index in [0.29, 0.717) is 0 Å². The Morgan fingerprint density at radius 1 is 1.28 bits per heavy atom. The van der Waals surface area contributed by atoms with Crippen molar-refractivity contribution in [3.63, 3.8) is 0 Å². The standard InChI is InChI=1S/C15H17.2ClH.Zr/c1-4-12-9-14(11(2)3)10-15(12)13-7-5-6-8-13;;;/h5-7,10H,4,8H2,1-3H3;2*1H;/q-1;;;+3/p-2. The third kappa shape index (κ3) is 4.37. The van der Waals surface area contributed by atoms with Gasteiger partial charge in [0.2, 0.25) is 0 Å². The molecule has 2 rings (SSSR count). The summed E-state index contributed by atoms with van der Waals surface area (Å²) in [5.74, 6) is 0. The summed E-state index contributed by atoms with van der Waals surface area (Å²) in [6.45, 7) is 6.50. The van der Waals surface area contributed by atoms with Crippen molar-refractivity contribution in [3.05, 3.63) is 58.2 Å². The van der Waals surface area contributed by atoms with Gasteiger partial charge in [0.05, 0.1) is 0 Å². The molecule has 0 atom stereocenters. The van der Waals surface area contributed by atoms with Crippen molar-refractivity contribution >= 4 is 0 Å². The van der Waals surface area contributed by atoms with Crippen LogP contribution in [0, 0.1) is 6.08 Å². The SMILES string of the molecule is CCC1=[C-]C(=C(C)C)C=C1C1=CC=CC1.[Cl-].[Cl-].[Zr+3]. The molecule has 0 saturated heterocycles. The molecule has 0 aliphatic heterocycles. The minimum absolute atomic E-state index is 0. The molecule has 0 fully saturated rings. The molecule has 3 heteroatoms. The molecule has 0 nitrogen and oxygen atoms in total. The fourth-order valence-corrected chi connectivity index (χ4v) is 1.98. The second-order valence-electron chi connectivity index (χ2n) is 4.25. The summed E-state index contributed by atoms with van der Waals surface area (Å²) in [6.07, 6.45) is 14.5. The van der Waals surface area contributed by atoms with E-state index in [1.54, 1.807) is 0 Å². The molecule has 0 bridgehead atoms. The first-order valence-corrected chi connectivity index (χ1v) is 5.61. The molecule has 0 aromatic carbocycles. The van der Waals surface area contributed by atoms with E-state index in [-0.39, 0.29) is 51.0 Å². The van der Waals surface area contributed by atoms with Gasteiger partial charge in [-0.25, -0.2) is 0 Å². The van der Waals surface area contributed by atoms with Crippen molar-refractivity contribution in [2.45, 2.75) is 33.6 Å². The Balaban J connectivity index is 0. The van der Waals surface area contributed by atoms with Crippen LogP contribution in [0.2, 0.25) is 0 Å². The maximum absolute atomic E-state index is 3.50. The summed E-state index contributed by atoms with van der Waals surface area (Å²) >= 11 is 0. The minimum atomic E-state index is 0. The Bertz CT molecular complexity index is 433. The smallest absolute Gasteiger partial charge is 1.00 e. The van der Waals surface area contributed by atoms with Gasteiger partial charge in [0, 0.05) is 0 Å². The van der Waals surface area contributed by atoms with Crippen LogP contribution in [0.5, 0.6) is 0 Å². The van der Waals surface area contributed by atoms with Gasteiger partial charge < -0.3 is 24.8 Å². The first-order chi connectivity index (χ1) is 7.22. The Morgan fingerprint density at radius 2 is 1.94 bits per heavy atom. The van der Waals surface area contributed by atoms with Crippen LogP contribution in [0.25, 0.3) is 0 Å². The van der Waals surface area contributed by atoms with Crippen molar-refractivity contribution in [1.29, 1.82) is 0 Å². The maximum Gasteiger partial charge on any atom is 3.00 e. The molecule has 0 aromatic rings. The molecule has 0 aromatic heterocycles. The zero-order chi connectivity index (χ0) is 10.8. The first kappa shape index (κ1) is 20.5. The van der Waals surface area contributed by atoms with E-state index < -0.39 is 0 Å². The monoisotopic (exact) mass is 357 g/mol. The maximum atomic E-state index is 3.50. The predicted octanol–water partition coefficient (Wildman–Crippen LogP) is -1.71.